The van der Waals surface area contributed by atoms with Crippen LogP contribution in [0.25, 0.3) is 6.08 Å². The average molecular weight is 466 g/mol. The highest BCUT2D eigenvalue weighted by Gasteiger charge is 2.37. The molecular formula is C25H28BrN3O. The van der Waals surface area contributed by atoms with E-state index in [4.69, 9.17) is 0 Å². The van der Waals surface area contributed by atoms with Gasteiger partial charge in [-0.2, -0.15) is 5.26 Å². The zero-order valence-electron chi connectivity index (χ0n) is 18.2. The normalized spacial score (nSPS) is 18.0. The Labute approximate surface area is 187 Å². The van der Waals surface area contributed by atoms with E-state index in [1.165, 1.54) is 11.3 Å². The van der Waals surface area contributed by atoms with Crippen LogP contribution in [-0.4, -0.2) is 17.5 Å². The number of carbonyl (C=O) groups excluding carboxylic acids is 1. The van der Waals surface area contributed by atoms with Gasteiger partial charge in [0, 0.05) is 27.4 Å². The summed E-state index contributed by atoms with van der Waals surface area (Å²) in [5, 5.41) is 12.4. The van der Waals surface area contributed by atoms with Gasteiger partial charge in [0.2, 0.25) is 0 Å². The number of halogens is 1. The van der Waals surface area contributed by atoms with Crippen LogP contribution in [0.5, 0.6) is 0 Å². The van der Waals surface area contributed by atoms with Gasteiger partial charge < -0.3 is 10.2 Å². The number of nitrogens with one attached hydrogen (secondary N) is 1. The van der Waals surface area contributed by atoms with Crippen molar-refractivity contribution in [2.45, 2.75) is 58.5 Å². The molecule has 156 valence electrons. The molecule has 2 aromatic carbocycles. The van der Waals surface area contributed by atoms with Crippen molar-refractivity contribution in [1.29, 1.82) is 5.26 Å². The number of nitriles is 1. The quantitative estimate of drug-likeness (QED) is 0.414. The summed E-state index contributed by atoms with van der Waals surface area (Å²) in [5.41, 5.74) is 4.18. The number of rotatable bonds is 4. The molecule has 1 atom stereocenters. The highest BCUT2D eigenvalue weighted by molar-refractivity contribution is 9.10. The number of nitrogens with zero attached hydrogens (tertiary/aromatic N) is 2. The number of hydrogen-bond acceptors (Lipinski definition) is 3. The molecule has 0 saturated heterocycles. The predicted molar refractivity (Wildman–Crippen MR) is 128 cm³/mol. The maximum Gasteiger partial charge on any atom is 0.266 e. The summed E-state index contributed by atoms with van der Waals surface area (Å²) in [5.74, 6) is -0.00862. The highest BCUT2D eigenvalue weighted by atomic mass is 79.9. The van der Waals surface area contributed by atoms with Crippen LogP contribution in [0.4, 0.5) is 11.4 Å². The van der Waals surface area contributed by atoms with Gasteiger partial charge in [-0.05, 0) is 87.6 Å². The molecule has 0 saturated carbocycles. The van der Waals surface area contributed by atoms with E-state index in [-0.39, 0.29) is 11.1 Å². The molecular weight excluding hydrogens is 438 g/mol. The molecule has 3 rings (SSSR count). The van der Waals surface area contributed by atoms with Crippen LogP contribution >= 0.6 is 15.9 Å². The second kappa shape index (κ2) is 8.65. The van der Waals surface area contributed by atoms with Gasteiger partial charge in [0.1, 0.15) is 11.6 Å². The number of amides is 1. The molecule has 1 aliphatic heterocycles. The van der Waals surface area contributed by atoms with Crippen molar-refractivity contribution < 1.29 is 4.79 Å². The summed E-state index contributed by atoms with van der Waals surface area (Å²) in [7, 11) is 0. The van der Waals surface area contributed by atoms with E-state index in [9.17, 15) is 10.1 Å². The number of benzene rings is 2. The molecule has 30 heavy (non-hydrogen) atoms. The summed E-state index contributed by atoms with van der Waals surface area (Å²) in [6.07, 6.45) is 2.72. The standard InChI is InChI=1S/C25H28BrN3O/c1-16(2)29-23-10-9-18(12-22(23)17(3)14-25(29,4)5)11-19(15-27)24(30)28-21-8-6-7-20(26)13-21/h6-13,16-17H,14H2,1-5H3,(H,28,30)/b19-11-. The third-order valence-electron chi connectivity index (χ3n) is 5.57. The van der Waals surface area contributed by atoms with Crippen molar-refractivity contribution in [2.75, 3.05) is 10.2 Å². The lowest BCUT2D eigenvalue weighted by molar-refractivity contribution is -0.112. The Morgan fingerprint density at radius 3 is 2.67 bits per heavy atom. The highest BCUT2D eigenvalue weighted by Crippen LogP contribution is 2.44. The third-order valence-corrected chi connectivity index (χ3v) is 6.07. The van der Waals surface area contributed by atoms with Gasteiger partial charge in [-0.1, -0.05) is 35.0 Å². The number of fused-ring (bicyclic) bond motifs is 1. The molecule has 1 amide bonds. The van der Waals surface area contributed by atoms with E-state index in [1.54, 1.807) is 18.2 Å². The second-order valence-electron chi connectivity index (χ2n) is 8.83. The van der Waals surface area contributed by atoms with Gasteiger partial charge in [-0.25, -0.2) is 0 Å². The van der Waals surface area contributed by atoms with Crippen molar-refractivity contribution in [2.24, 2.45) is 0 Å². The van der Waals surface area contributed by atoms with Crippen molar-refractivity contribution in [1.82, 2.24) is 0 Å². The predicted octanol–water partition coefficient (Wildman–Crippen LogP) is 6.50. The SMILES string of the molecule is CC1CC(C)(C)N(C(C)C)c2ccc(/C=C(/C#N)C(=O)Nc3cccc(Br)c3)cc21. The first kappa shape index (κ1) is 22.1. The second-order valence-corrected chi connectivity index (χ2v) is 9.75. The third kappa shape index (κ3) is 4.60. The lowest BCUT2D eigenvalue weighted by atomic mass is 9.79. The Morgan fingerprint density at radius 2 is 2.03 bits per heavy atom. The van der Waals surface area contributed by atoms with E-state index >= 15 is 0 Å². The zero-order chi connectivity index (χ0) is 22.1. The number of hydrogen-bond donors (Lipinski definition) is 1. The topological polar surface area (TPSA) is 56.1 Å². The van der Waals surface area contributed by atoms with Crippen molar-refractivity contribution in [3.63, 3.8) is 0 Å². The van der Waals surface area contributed by atoms with Crippen LogP contribution in [0.2, 0.25) is 0 Å². The molecule has 1 aliphatic rings. The van der Waals surface area contributed by atoms with Crippen molar-refractivity contribution in [3.8, 4) is 6.07 Å². The summed E-state index contributed by atoms with van der Waals surface area (Å²) < 4.78 is 0.865. The fraction of sp³-hybridized carbons (Fsp3) is 0.360. The van der Waals surface area contributed by atoms with Crippen LogP contribution < -0.4 is 10.2 Å². The lowest BCUT2D eigenvalue weighted by Gasteiger charge is -2.50. The molecule has 1 heterocycles. The zero-order valence-corrected chi connectivity index (χ0v) is 19.7. The molecule has 0 aliphatic carbocycles. The van der Waals surface area contributed by atoms with Crippen LogP contribution in [0.1, 0.15) is 58.1 Å². The maximum atomic E-state index is 12.6. The molecule has 1 unspecified atom stereocenters. The molecule has 0 aromatic heterocycles. The smallest absolute Gasteiger partial charge is 0.266 e. The molecule has 0 fully saturated rings. The van der Waals surface area contributed by atoms with Gasteiger partial charge in [0.05, 0.1) is 0 Å². The largest absolute Gasteiger partial charge is 0.364 e. The van der Waals surface area contributed by atoms with Crippen molar-refractivity contribution >= 4 is 39.3 Å². The van der Waals surface area contributed by atoms with E-state index in [0.29, 0.717) is 17.6 Å². The Balaban J connectivity index is 1.92. The van der Waals surface area contributed by atoms with Crippen LogP contribution in [-0.2, 0) is 4.79 Å². The van der Waals surface area contributed by atoms with E-state index < -0.39 is 5.91 Å². The van der Waals surface area contributed by atoms with Gasteiger partial charge in [0.15, 0.2) is 0 Å². The summed E-state index contributed by atoms with van der Waals surface area (Å²) >= 11 is 3.39. The maximum absolute atomic E-state index is 12.6. The Bertz CT molecular complexity index is 1030. The fourth-order valence-electron chi connectivity index (χ4n) is 4.62. The number of anilines is 2. The fourth-order valence-corrected chi connectivity index (χ4v) is 5.02. The lowest BCUT2D eigenvalue weighted by Crippen LogP contribution is -2.51. The van der Waals surface area contributed by atoms with E-state index in [2.05, 4.69) is 72.9 Å². The summed E-state index contributed by atoms with van der Waals surface area (Å²) in [6, 6.07) is 16.0. The van der Waals surface area contributed by atoms with Gasteiger partial charge in [0.25, 0.3) is 5.91 Å². The molecule has 0 radical (unpaired) electrons. The Kier molecular flexibility index (Phi) is 6.38. The van der Waals surface area contributed by atoms with E-state index in [1.807, 2.05) is 24.3 Å². The number of carbonyl (C=O) groups is 1. The van der Waals surface area contributed by atoms with Crippen LogP contribution in [0, 0.1) is 11.3 Å². The molecule has 5 heteroatoms. The summed E-state index contributed by atoms with van der Waals surface area (Å²) in [6.45, 7) is 11.3. The molecule has 0 bridgehead atoms. The van der Waals surface area contributed by atoms with Crippen LogP contribution in [0.3, 0.4) is 0 Å². The molecule has 4 nitrogen and oxygen atoms in total. The summed E-state index contributed by atoms with van der Waals surface area (Å²) in [4.78, 5) is 15.1. The molecule has 2 aromatic rings. The van der Waals surface area contributed by atoms with Gasteiger partial charge >= 0.3 is 0 Å². The minimum Gasteiger partial charge on any atom is -0.364 e. The van der Waals surface area contributed by atoms with Crippen molar-refractivity contribution in [3.05, 3.63) is 63.6 Å². The van der Waals surface area contributed by atoms with Crippen LogP contribution in [0.15, 0.2) is 52.5 Å². The first-order valence-corrected chi connectivity index (χ1v) is 11.0. The van der Waals surface area contributed by atoms with Gasteiger partial charge in [-0.3, -0.25) is 4.79 Å². The monoisotopic (exact) mass is 465 g/mol. The molecule has 1 N–H and O–H groups in total. The van der Waals surface area contributed by atoms with E-state index in [0.717, 1.165) is 16.5 Å². The average Bonchev–Trinajstić information content (AvgIpc) is 2.65. The first-order chi connectivity index (χ1) is 14.1. The minimum absolute atomic E-state index is 0.0828. The van der Waals surface area contributed by atoms with Gasteiger partial charge in [-0.15, -0.1) is 0 Å². The Morgan fingerprint density at radius 1 is 1.30 bits per heavy atom. The first-order valence-electron chi connectivity index (χ1n) is 10.2. The minimum atomic E-state index is -0.411. The Hall–Kier alpha value is -2.58. The molecule has 0 spiro atoms.